The highest BCUT2D eigenvalue weighted by atomic mass is 19.4. The number of ether oxygens (including phenoxy) is 1. The molecule has 0 unspecified atom stereocenters. The van der Waals surface area contributed by atoms with Gasteiger partial charge in [-0.3, -0.25) is 4.79 Å². The summed E-state index contributed by atoms with van der Waals surface area (Å²) in [4.78, 5) is 10.8. The SMILES string of the molecule is O=C(N[C@@H]1[C@@H](O)[C@H](O)[C@@H](CO)[C@H]2O[C@@H]12)C(F)(F)F. The van der Waals surface area contributed by atoms with Crippen LogP contribution in [0.4, 0.5) is 13.2 Å². The van der Waals surface area contributed by atoms with Crippen LogP contribution in [0.25, 0.3) is 0 Å². The molecule has 1 aliphatic carbocycles. The largest absolute Gasteiger partial charge is 0.471 e. The number of carbonyl (C=O) groups excluding carboxylic acids is 1. The average molecular weight is 271 g/mol. The molecule has 18 heavy (non-hydrogen) atoms. The first-order chi connectivity index (χ1) is 8.27. The van der Waals surface area contributed by atoms with E-state index in [9.17, 15) is 28.2 Å². The Morgan fingerprint density at radius 1 is 1.22 bits per heavy atom. The maximum Gasteiger partial charge on any atom is 0.471 e. The molecule has 1 saturated heterocycles. The van der Waals surface area contributed by atoms with Gasteiger partial charge in [0.2, 0.25) is 0 Å². The van der Waals surface area contributed by atoms with Crippen molar-refractivity contribution in [2.45, 2.75) is 36.6 Å². The number of hydrogen-bond donors (Lipinski definition) is 4. The summed E-state index contributed by atoms with van der Waals surface area (Å²) >= 11 is 0. The van der Waals surface area contributed by atoms with Crippen molar-refractivity contribution >= 4 is 5.91 Å². The van der Waals surface area contributed by atoms with Gasteiger partial charge in [-0.2, -0.15) is 13.2 Å². The van der Waals surface area contributed by atoms with Crippen molar-refractivity contribution < 1.29 is 38.0 Å². The first-order valence-corrected chi connectivity index (χ1v) is 5.27. The van der Waals surface area contributed by atoms with Crippen LogP contribution < -0.4 is 5.32 Å². The predicted octanol–water partition coefficient (Wildman–Crippen LogP) is -1.86. The molecule has 1 amide bonds. The molecular formula is C9H12F3NO5. The maximum absolute atomic E-state index is 12.1. The van der Waals surface area contributed by atoms with E-state index in [1.54, 1.807) is 5.32 Å². The third-order valence-corrected chi connectivity index (χ3v) is 3.26. The zero-order valence-electron chi connectivity index (χ0n) is 8.96. The second-order valence-electron chi connectivity index (χ2n) is 4.39. The highest BCUT2D eigenvalue weighted by molar-refractivity contribution is 5.82. The number of carbonyl (C=O) groups is 1. The van der Waals surface area contributed by atoms with E-state index < -0.39 is 55.1 Å². The highest BCUT2D eigenvalue weighted by Crippen LogP contribution is 2.41. The summed E-state index contributed by atoms with van der Waals surface area (Å²) in [6.07, 6.45) is -9.59. The van der Waals surface area contributed by atoms with Gasteiger partial charge >= 0.3 is 12.1 Å². The smallest absolute Gasteiger partial charge is 0.396 e. The van der Waals surface area contributed by atoms with Crippen LogP contribution >= 0.6 is 0 Å². The summed E-state index contributed by atoms with van der Waals surface area (Å²) in [5, 5.41) is 29.8. The molecule has 0 spiro atoms. The lowest BCUT2D eigenvalue weighted by Crippen LogP contribution is -2.60. The van der Waals surface area contributed by atoms with E-state index >= 15 is 0 Å². The summed E-state index contributed by atoms with van der Waals surface area (Å²) in [5.41, 5.74) is 0. The number of fused-ring (bicyclic) bond motifs is 1. The van der Waals surface area contributed by atoms with Crippen LogP contribution in [0.1, 0.15) is 0 Å². The monoisotopic (exact) mass is 271 g/mol. The Balaban J connectivity index is 2.05. The van der Waals surface area contributed by atoms with Crippen LogP contribution in [0, 0.1) is 5.92 Å². The Kier molecular flexibility index (Phi) is 3.26. The highest BCUT2D eigenvalue weighted by Gasteiger charge is 2.61. The fraction of sp³-hybridized carbons (Fsp3) is 0.889. The number of amides is 1. The van der Waals surface area contributed by atoms with Crippen molar-refractivity contribution in [3.8, 4) is 0 Å². The molecule has 6 atom stereocenters. The number of halogens is 3. The molecule has 104 valence electrons. The molecular weight excluding hydrogens is 259 g/mol. The predicted molar refractivity (Wildman–Crippen MR) is 49.2 cm³/mol. The van der Waals surface area contributed by atoms with Gasteiger partial charge < -0.3 is 25.4 Å². The van der Waals surface area contributed by atoms with Gasteiger partial charge in [0.15, 0.2) is 0 Å². The molecule has 1 heterocycles. The molecule has 2 rings (SSSR count). The lowest BCUT2D eigenvalue weighted by atomic mass is 9.82. The van der Waals surface area contributed by atoms with E-state index in [2.05, 4.69) is 0 Å². The van der Waals surface area contributed by atoms with Crippen molar-refractivity contribution in [2.24, 2.45) is 5.92 Å². The van der Waals surface area contributed by atoms with E-state index in [-0.39, 0.29) is 0 Å². The number of nitrogens with one attached hydrogen (secondary N) is 1. The van der Waals surface area contributed by atoms with E-state index in [1.807, 2.05) is 0 Å². The average Bonchev–Trinajstić information content (AvgIpc) is 3.03. The van der Waals surface area contributed by atoms with Gasteiger partial charge in [0.25, 0.3) is 0 Å². The second kappa shape index (κ2) is 4.34. The third-order valence-electron chi connectivity index (χ3n) is 3.26. The quantitative estimate of drug-likeness (QED) is 0.441. The van der Waals surface area contributed by atoms with Crippen molar-refractivity contribution in [1.29, 1.82) is 0 Å². The zero-order valence-corrected chi connectivity index (χ0v) is 8.96. The van der Waals surface area contributed by atoms with Crippen LogP contribution in [-0.2, 0) is 9.53 Å². The zero-order chi connectivity index (χ0) is 13.7. The van der Waals surface area contributed by atoms with E-state index in [0.717, 1.165) is 0 Å². The molecule has 4 N–H and O–H groups in total. The van der Waals surface area contributed by atoms with Gasteiger partial charge in [-0.15, -0.1) is 0 Å². The molecule has 0 bridgehead atoms. The molecule has 1 saturated carbocycles. The fourth-order valence-electron chi connectivity index (χ4n) is 2.24. The first kappa shape index (κ1) is 13.5. The Morgan fingerprint density at radius 3 is 2.33 bits per heavy atom. The van der Waals surface area contributed by atoms with Gasteiger partial charge in [0.1, 0.15) is 12.2 Å². The molecule has 6 nitrogen and oxygen atoms in total. The minimum atomic E-state index is -5.07. The lowest BCUT2D eigenvalue weighted by molar-refractivity contribution is -0.176. The van der Waals surface area contributed by atoms with Crippen LogP contribution in [0.15, 0.2) is 0 Å². The Morgan fingerprint density at radius 2 is 1.83 bits per heavy atom. The minimum Gasteiger partial charge on any atom is -0.396 e. The summed E-state index contributed by atoms with van der Waals surface area (Å²) in [6, 6.07) is -1.33. The second-order valence-corrected chi connectivity index (χ2v) is 4.39. The van der Waals surface area contributed by atoms with Gasteiger partial charge in [-0.1, -0.05) is 0 Å². The van der Waals surface area contributed by atoms with Crippen LogP contribution in [-0.4, -0.2) is 64.5 Å². The summed E-state index contributed by atoms with van der Waals surface area (Å²) in [5.74, 6) is -2.96. The van der Waals surface area contributed by atoms with Crippen molar-refractivity contribution in [1.82, 2.24) is 5.32 Å². The number of rotatable bonds is 2. The fourth-order valence-corrected chi connectivity index (χ4v) is 2.24. The van der Waals surface area contributed by atoms with E-state index in [4.69, 9.17) is 9.84 Å². The molecule has 0 aromatic carbocycles. The number of alkyl halides is 3. The summed E-state index contributed by atoms with van der Waals surface area (Å²) in [7, 11) is 0. The van der Waals surface area contributed by atoms with Gasteiger partial charge in [-0.25, -0.2) is 0 Å². The minimum absolute atomic E-state index is 0.459. The Labute approximate surface area is 99.4 Å². The van der Waals surface area contributed by atoms with Crippen LogP contribution in [0.2, 0.25) is 0 Å². The molecule has 0 aromatic rings. The Bertz CT molecular complexity index is 350. The normalized spacial score (nSPS) is 43.2. The first-order valence-electron chi connectivity index (χ1n) is 5.27. The number of hydrogen-bond acceptors (Lipinski definition) is 5. The molecule has 2 aliphatic rings. The molecule has 0 aromatic heterocycles. The number of epoxide rings is 1. The van der Waals surface area contributed by atoms with Crippen LogP contribution in [0.3, 0.4) is 0 Å². The molecule has 9 heteroatoms. The molecule has 2 fully saturated rings. The maximum atomic E-state index is 12.1. The van der Waals surface area contributed by atoms with Gasteiger partial charge in [0.05, 0.1) is 24.9 Å². The third kappa shape index (κ3) is 2.18. The standard InChI is InChI=1S/C9H12F3NO5/c10-9(11,12)8(17)13-3-5(16)4(15)2(1-14)6-7(3)18-6/h2-7,14-16H,1H2,(H,13,17)/t2-,3-,4-,5-,6-,7+/m1/s1. The van der Waals surface area contributed by atoms with Crippen LogP contribution in [0.5, 0.6) is 0 Å². The van der Waals surface area contributed by atoms with E-state index in [0.29, 0.717) is 0 Å². The van der Waals surface area contributed by atoms with Gasteiger partial charge in [-0.05, 0) is 0 Å². The summed E-state index contributed by atoms with van der Waals surface area (Å²) in [6.45, 7) is -0.459. The van der Waals surface area contributed by atoms with Crippen molar-refractivity contribution in [2.75, 3.05) is 6.61 Å². The Hall–Kier alpha value is -0.900. The topological polar surface area (TPSA) is 102 Å². The van der Waals surface area contributed by atoms with Crippen molar-refractivity contribution in [3.63, 3.8) is 0 Å². The van der Waals surface area contributed by atoms with E-state index in [1.165, 1.54) is 0 Å². The molecule has 0 radical (unpaired) electrons. The van der Waals surface area contributed by atoms with Gasteiger partial charge in [0, 0.05) is 5.92 Å². The van der Waals surface area contributed by atoms with Crippen molar-refractivity contribution in [3.05, 3.63) is 0 Å². The number of aliphatic hydroxyl groups is 3. The number of aliphatic hydroxyl groups excluding tert-OH is 3. The molecule has 1 aliphatic heterocycles. The summed E-state index contributed by atoms with van der Waals surface area (Å²) < 4.78 is 41.2. The lowest BCUT2D eigenvalue weighted by Gasteiger charge is -2.34.